The van der Waals surface area contributed by atoms with Gasteiger partial charge in [0.25, 0.3) is 5.56 Å². The standard InChI is InChI=1S/C23H20ClN3O4S/c1-3-16-12-17-21(29)27(15-8-6-7-14(24)11-15)23(30)26(22(17)32-16)13-20(28)25-18-9-4-5-10-19(18)31-2/h4-12H,3,13H2,1-2H3,(H,25,28). The summed E-state index contributed by atoms with van der Waals surface area (Å²) in [6.45, 7) is 1.70. The number of aryl methyl sites for hydroxylation is 1. The second-order valence-electron chi connectivity index (χ2n) is 7.02. The molecule has 0 atom stereocenters. The van der Waals surface area contributed by atoms with Crippen molar-refractivity contribution in [3.8, 4) is 11.4 Å². The first-order valence-electron chi connectivity index (χ1n) is 9.90. The maximum atomic E-state index is 13.4. The van der Waals surface area contributed by atoms with Gasteiger partial charge in [-0.1, -0.05) is 36.7 Å². The Bertz CT molecular complexity index is 1440. The van der Waals surface area contributed by atoms with Gasteiger partial charge in [-0.15, -0.1) is 11.3 Å². The molecule has 32 heavy (non-hydrogen) atoms. The third kappa shape index (κ3) is 4.06. The van der Waals surface area contributed by atoms with Crippen molar-refractivity contribution in [3.63, 3.8) is 0 Å². The molecular weight excluding hydrogens is 450 g/mol. The molecule has 164 valence electrons. The molecule has 2 aromatic carbocycles. The minimum atomic E-state index is -0.607. The average Bonchev–Trinajstić information content (AvgIpc) is 3.22. The van der Waals surface area contributed by atoms with Crippen molar-refractivity contribution < 1.29 is 9.53 Å². The molecule has 0 aliphatic heterocycles. The number of hydrogen-bond donors (Lipinski definition) is 1. The van der Waals surface area contributed by atoms with Gasteiger partial charge in [0.05, 0.1) is 23.9 Å². The van der Waals surface area contributed by atoms with Crippen molar-refractivity contribution in [2.24, 2.45) is 0 Å². The fourth-order valence-corrected chi connectivity index (χ4v) is 4.70. The Morgan fingerprint density at radius 2 is 1.91 bits per heavy atom. The Kier molecular flexibility index (Phi) is 6.16. The Labute approximate surface area is 192 Å². The summed E-state index contributed by atoms with van der Waals surface area (Å²) in [7, 11) is 1.51. The number of hydrogen-bond acceptors (Lipinski definition) is 5. The van der Waals surface area contributed by atoms with E-state index in [0.717, 1.165) is 9.44 Å². The summed E-state index contributed by atoms with van der Waals surface area (Å²) >= 11 is 7.42. The largest absolute Gasteiger partial charge is 0.495 e. The highest BCUT2D eigenvalue weighted by molar-refractivity contribution is 7.18. The number of benzene rings is 2. The number of fused-ring (bicyclic) bond motifs is 1. The van der Waals surface area contributed by atoms with Crippen molar-refractivity contribution >= 4 is 44.7 Å². The van der Waals surface area contributed by atoms with Crippen LogP contribution in [-0.4, -0.2) is 22.2 Å². The van der Waals surface area contributed by atoms with Crippen LogP contribution in [0, 0.1) is 0 Å². The molecule has 0 saturated heterocycles. The number of halogens is 1. The highest BCUT2D eigenvalue weighted by atomic mass is 35.5. The second-order valence-corrected chi connectivity index (χ2v) is 8.57. The molecule has 0 fully saturated rings. The lowest BCUT2D eigenvalue weighted by molar-refractivity contribution is -0.116. The van der Waals surface area contributed by atoms with Crippen LogP contribution in [0.1, 0.15) is 11.8 Å². The highest BCUT2D eigenvalue weighted by Crippen LogP contribution is 2.25. The van der Waals surface area contributed by atoms with Crippen LogP contribution >= 0.6 is 22.9 Å². The zero-order valence-corrected chi connectivity index (χ0v) is 19.0. The first-order chi connectivity index (χ1) is 15.4. The number of anilines is 1. The van der Waals surface area contributed by atoms with Crippen LogP contribution < -0.4 is 21.3 Å². The van der Waals surface area contributed by atoms with Gasteiger partial charge in [-0.3, -0.25) is 14.2 Å². The molecule has 0 saturated carbocycles. The molecule has 4 rings (SSSR count). The molecular formula is C23H20ClN3O4S. The number of carbonyl (C=O) groups is 1. The summed E-state index contributed by atoms with van der Waals surface area (Å²) in [4.78, 5) is 40.9. The van der Waals surface area contributed by atoms with E-state index in [1.807, 2.05) is 6.92 Å². The highest BCUT2D eigenvalue weighted by Gasteiger charge is 2.19. The number of nitrogens with one attached hydrogen (secondary N) is 1. The average molecular weight is 470 g/mol. The van der Waals surface area contributed by atoms with Crippen LogP contribution in [0.25, 0.3) is 15.9 Å². The number of amides is 1. The summed E-state index contributed by atoms with van der Waals surface area (Å²) in [5.74, 6) is 0.0901. The van der Waals surface area contributed by atoms with Gasteiger partial charge >= 0.3 is 5.69 Å². The number of carbonyl (C=O) groups excluding carboxylic acids is 1. The number of aromatic nitrogens is 2. The number of methoxy groups -OCH3 is 1. The smallest absolute Gasteiger partial charge is 0.337 e. The van der Waals surface area contributed by atoms with Gasteiger partial charge in [0.1, 0.15) is 17.1 Å². The molecule has 0 radical (unpaired) electrons. The fourth-order valence-electron chi connectivity index (χ4n) is 3.44. The first-order valence-corrected chi connectivity index (χ1v) is 11.1. The normalized spacial score (nSPS) is 11.0. The topological polar surface area (TPSA) is 82.3 Å². The van der Waals surface area contributed by atoms with E-state index in [9.17, 15) is 14.4 Å². The van der Waals surface area contributed by atoms with Crippen molar-refractivity contribution in [1.82, 2.24) is 9.13 Å². The van der Waals surface area contributed by atoms with Crippen LogP contribution in [0.4, 0.5) is 5.69 Å². The summed E-state index contributed by atoms with van der Waals surface area (Å²) < 4.78 is 7.65. The molecule has 0 aliphatic carbocycles. The van der Waals surface area contributed by atoms with E-state index in [1.54, 1.807) is 54.6 Å². The summed E-state index contributed by atoms with van der Waals surface area (Å²) in [6.07, 6.45) is 0.706. The van der Waals surface area contributed by atoms with Crippen LogP contribution in [0.5, 0.6) is 5.75 Å². The maximum Gasteiger partial charge on any atom is 0.337 e. The van der Waals surface area contributed by atoms with Gasteiger partial charge in [0, 0.05) is 9.90 Å². The molecule has 0 spiro atoms. The molecule has 9 heteroatoms. The zero-order chi connectivity index (χ0) is 22.8. The number of thiophene rings is 1. The number of para-hydroxylation sites is 2. The van der Waals surface area contributed by atoms with Gasteiger partial charge in [-0.2, -0.15) is 0 Å². The lowest BCUT2D eigenvalue weighted by atomic mass is 10.3. The molecule has 7 nitrogen and oxygen atoms in total. The minimum absolute atomic E-state index is 0.266. The van der Waals surface area contributed by atoms with E-state index in [2.05, 4.69) is 5.32 Å². The molecule has 0 aliphatic rings. The van der Waals surface area contributed by atoms with Crippen LogP contribution in [-0.2, 0) is 17.8 Å². The van der Waals surface area contributed by atoms with E-state index in [0.29, 0.717) is 38.8 Å². The Balaban J connectivity index is 1.84. The quantitative estimate of drug-likeness (QED) is 0.461. The predicted molar refractivity (Wildman–Crippen MR) is 128 cm³/mol. The molecule has 1 N–H and O–H groups in total. The lowest BCUT2D eigenvalue weighted by Crippen LogP contribution is -2.40. The minimum Gasteiger partial charge on any atom is -0.495 e. The van der Waals surface area contributed by atoms with Crippen LogP contribution in [0.3, 0.4) is 0 Å². The van der Waals surface area contributed by atoms with Crippen molar-refractivity contribution in [1.29, 1.82) is 0 Å². The molecule has 1 amide bonds. The van der Waals surface area contributed by atoms with Gasteiger partial charge in [0.2, 0.25) is 5.91 Å². The van der Waals surface area contributed by atoms with Gasteiger partial charge in [-0.25, -0.2) is 9.36 Å². The second kappa shape index (κ2) is 9.02. The third-order valence-electron chi connectivity index (χ3n) is 4.96. The number of nitrogens with zero attached hydrogens (tertiary/aromatic N) is 2. The predicted octanol–water partition coefficient (Wildman–Crippen LogP) is 4.08. The number of rotatable bonds is 6. The van der Waals surface area contributed by atoms with Crippen molar-refractivity contribution in [3.05, 3.63) is 85.3 Å². The zero-order valence-electron chi connectivity index (χ0n) is 17.4. The Morgan fingerprint density at radius 3 is 2.62 bits per heavy atom. The van der Waals surface area contributed by atoms with Gasteiger partial charge in [-0.05, 0) is 42.8 Å². The molecule has 2 heterocycles. The first kappa shape index (κ1) is 21.9. The van der Waals surface area contributed by atoms with Crippen molar-refractivity contribution in [2.75, 3.05) is 12.4 Å². The van der Waals surface area contributed by atoms with E-state index in [4.69, 9.17) is 16.3 Å². The lowest BCUT2D eigenvalue weighted by Gasteiger charge is -2.13. The van der Waals surface area contributed by atoms with Crippen molar-refractivity contribution in [2.45, 2.75) is 19.9 Å². The monoisotopic (exact) mass is 469 g/mol. The van der Waals surface area contributed by atoms with E-state index < -0.39 is 17.2 Å². The summed E-state index contributed by atoms with van der Waals surface area (Å²) in [6, 6.07) is 15.3. The summed E-state index contributed by atoms with van der Waals surface area (Å²) in [5.41, 5.74) is -0.209. The number of ether oxygens (including phenoxy) is 1. The van der Waals surface area contributed by atoms with Gasteiger partial charge in [0.15, 0.2) is 0 Å². The molecule has 0 unspecified atom stereocenters. The molecule has 2 aromatic heterocycles. The fraction of sp³-hybridized carbons (Fsp3) is 0.174. The molecule has 0 bridgehead atoms. The Hall–Kier alpha value is -3.36. The van der Waals surface area contributed by atoms with Crippen LogP contribution in [0.2, 0.25) is 5.02 Å². The van der Waals surface area contributed by atoms with Gasteiger partial charge < -0.3 is 10.1 Å². The van der Waals surface area contributed by atoms with E-state index in [-0.39, 0.29) is 6.54 Å². The van der Waals surface area contributed by atoms with E-state index in [1.165, 1.54) is 23.0 Å². The maximum absolute atomic E-state index is 13.4. The van der Waals surface area contributed by atoms with E-state index >= 15 is 0 Å². The summed E-state index contributed by atoms with van der Waals surface area (Å²) in [5, 5.41) is 3.56. The molecule has 4 aromatic rings. The Morgan fingerprint density at radius 1 is 1.12 bits per heavy atom. The van der Waals surface area contributed by atoms with Crippen LogP contribution in [0.15, 0.2) is 64.2 Å². The third-order valence-corrected chi connectivity index (χ3v) is 6.50. The SMILES string of the molecule is CCc1cc2c(=O)n(-c3cccc(Cl)c3)c(=O)n(CC(=O)Nc3ccccc3OC)c2s1.